The maximum Gasteiger partial charge on any atom is 0.166 e. The number of imidazole rings is 7. The minimum Gasteiger partial charge on any atom is -0.654 e. The van der Waals surface area contributed by atoms with Crippen LogP contribution in [0.3, 0.4) is 0 Å². The fourth-order valence-corrected chi connectivity index (χ4v) is 13.4. The molecule has 10 heterocycles. The van der Waals surface area contributed by atoms with Crippen molar-refractivity contribution in [2.24, 2.45) is 49.3 Å². The van der Waals surface area contributed by atoms with Crippen LogP contribution in [0.1, 0.15) is 83.5 Å². The number of benzene rings is 6. The Kier molecular flexibility index (Phi) is 48.1. The summed E-state index contributed by atoms with van der Waals surface area (Å²) in [5.41, 5.74) is 23.8. The van der Waals surface area contributed by atoms with Crippen LogP contribution in [0.4, 0.5) is 0 Å². The molecule has 10 aromatic heterocycles. The third kappa shape index (κ3) is 30.9. The van der Waals surface area contributed by atoms with Crippen molar-refractivity contribution < 1.29 is 161 Å². The number of nitrogens with zero attached hydrogens (tertiary/aromatic N) is 18. The van der Waals surface area contributed by atoms with Gasteiger partial charge in [0.25, 0.3) is 0 Å². The van der Waals surface area contributed by atoms with Gasteiger partial charge < -0.3 is 9.97 Å². The molecule has 0 saturated carbocycles. The summed E-state index contributed by atoms with van der Waals surface area (Å²) in [7, 11) is 14.0. The molecule has 0 fully saturated rings. The fourth-order valence-electron chi connectivity index (χ4n) is 13.4. The summed E-state index contributed by atoms with van der Waals surface area (Å²) in [4.78, 5) is 8.20. The number of hydrogen-bond donors (Lipinski definition) is 0. The molecule has 0 N–H and O–H groups in total. The second-order valence-electron chi connectivity index (χ2n) is 28.8. The van der Waals surface area contributed by atoms with E-state index < -0.39 is 0 Å². The van der Waals surface area contributed by atoms with Crippen molar-refractivity contribution in [1.82, 2.24) is 83.7 Å². The van der Waals surface area contributed by atoms with Crippen LogP contribution in [0.15, 0.2) is 393 Å². The van der Waals surface area contributed by atoms with Crippen LogP contribution in [0.2, 0.25) is 0 Å². The molecule has 0 saturated heterocycles. The summed E-state index contributed by atoms with van der Waals surface area (Å²) in [5.74, 6) is 0. The summed E-state index contributed by atoms with van der Waals surface area (Å²) >= 11 is 0. The van der Waals surface area contributed by atoms with E-state index in [1.54, 1.807) is 30.9 Å². The van der Waals surface area contributed by atoms with E-state index in [1.165, 1.54) is 56.1 Å². The molecule has 0 aliphatic heterocycles. The molecular weight excluding hydrogens is 3010 g/mol. The van der Waals surface area contributed by atoms with E-state index in [9.17, 15) is 0 Å². The minimum atomic E-state index is 0. The number of allylic oxidation sites excluding steroid dienone is 9. The number of aryl methyl sites for hydroxylation is 7. The summed E-state index contributed by atoms with van der Waals surface area (Å²) in [6.45, 7) is 20.4. The van der Waals surface area contributed by atoms with Crippen molar-refractivity contribution in [3.8, 4) is 0 Å². The molecule has 16 aromatic rings. The van der Waals surface area contributed by atoms with Gasteiger partial charge in [-0.3, -0.25) is 36.7 Å². The zero-order chi connectivity index (χ0) is 84.3. The first-order valence-corrected chi connectivity index (χ1v) is 39.3. The van der Waals surface area contributed by atoms with Crippen LogP contribution in [-0.4, -0.2) is 78.7 Å². The standard InChI is InChI=1S/C16H14N2.C14H16N2.C13H11N2.C13H12N2.C13H14N2.C12H12N2.C11H11N3.C10H11N3.8Ir/c1-17-11-12-18(13-17)16(15-9-5-6-10-15)14-7-3-2-4-8-14;1-12(2)14(13-7-5-4-6-8-13)16-10-9-15(3)11-16;1-10-9-11-5-2-3-6-12(11)13(10)15-8-4-7-14-15;1-14-8-9-15(10-14)13-7-6-11-4-2-3-5-12(11)13;1-3-13(12-7-5-4-6-8-12)15-10-9-14(2)11-15;1-11(12-6-4-3-5-7-12)14-9-8-13(2)10-14;1-10(11-4-3-5-12-8-11)14-7-6-13(2)9-14;1-9(10-4-3-5-11-10)13-7-6-12(2)8-13;;;;;;;;/h2-7,9-13H,1H3;4-7,9-11H,1-3H3;2-5,7-8H,9H2,1H3;2-4,7-10H,6H2,1H3;3-7,9-11H,1-2H3;3-6,8-10H,1H2,2H3;3,5-9H,1H2,2H3;3-8H,1H2,2H3;;;;;;;;/q;;-1;;;;;;;;;;;;;/b;;;;13-3-;;;;;;;;;;;. The van der Waals surface area contributed by atoms with Gasteiger partial charge in [0.15, 0.2) is 44.3 Å². The Labute approximate surface area is 861 Å². The quantitative estimate of drug-likeness (QED) is 0.101. The number of aromatic nitrogens is 18. The zero-order valence-corrected chi connectivity index (χ0v) is 91.9. The first-order chi connectivity index (χ1) is 58.3. The van der Waals surface area contributed by atoms with Crippen LogP contribution in [-0.2, 0) is 223 Å². The zero-order valence-electron chi connectivity index (χ0n) is 72.7. The number of pyridine rings is 1. The number of rotatable bonds is 14. The van der Waals surface area contributed by atoms with Gasteiger partial charge in [-0.05, 0) is 135 Å². The van der Waals surface area contributed by atoms with Crippen LogP contribution < -0.4 is 4.98 Å². The largest absolute Gasteiger partial charge is 0.654 e. The van der Waals surface area contributed by atoms with Crippen molar-refractivity contribution in [3.05, 3.63) is 491 Å². The Bertz CT molecular complexity index is 6150. The second kappa shape index (κ2) is 55.8. The molecule has 0 atom stereocenters. The molecule has 19 rings (SSSR count). The monoisotopic (exact) mass is 3120 g/mol. The molecule has 3 aliphatic carbocycles. The van der Waals surface area contributed by atoms with Crippen LogP contribution >= 0.6 is 0 Å². The van der Waals surface area contributed by atoms with Crippen molar-refractivity contribution in [3.63, 3.8) is 0 Å². The van der Waals surface area contributed by atoms with Crippen LogP contribution in [0.25, 0.3) is 45.6 Å². The van der Waals surface area contributed by atoms with E-state index >= 15 is 0 Å². The fraction of sp³-hybridized carbons (Fsp3) is 0.127. The maximum absolute atomic E-state index is 4.29. The average molecular weight is 3120 g/mol. The van der Waals surface area contributed by atoms with E-state index in [1.807, 2.05) is 328 Å². The second-order valence-corrected chi connectivity index (χ2v) is 28.8. The summed E-state index contributed by atoms with van der Waals surface area (Å²) in [6, 6.07) is 74.5. The van der Waals surface area contributed by atoms with Gasteiger partial charge in [-0.15, -0.1) is 199 Å². The molecule has 0 spiro atoms. The van der Waals surface area contributed by atoms with Gasteiger partial charge in [0, 0.05) is 228 Å². The first kappa shape index (κ1) is 110. The van der Waals surface area contributed by atoms with E-state index in [-0.39, 0.29) is 161 Å². The Morgan fingerprint density at radius 3 is 1.32 bits per heavy atom. The van der Waals surface area contributed by atoms with Crippen molar-refractivity contribution in [1.29, 1.82) is 0 Å². The number of fused-ring (bicyclic) bond motifs is 2. The summed E-state index contributed by atoms with van der Waals surface area (Å²) in [5, 5.41) is 4.29. The Balaban J connectivity index is 0.000000304. The maximum atomic E-state index is 4.29. The summed E-state index contributed by atoms with van der Waals surface area (Å²) < 4.78 is 30.3. The SMILES string of the molecule is C/C=C(/c1[c-]cccc1)n1ccn(C)[cH+]1.C=C(c1[c-]cccc1)n1ccn(C)[cH+]1.C=C(c1[c-]ccnc1)n1ccn(C)[cH+]1.C=C(c1ccc[n-]1)n1ccn(C)[cH+]1.CC(C)=C(c1[c-]cccc1)n1ccn(C)[cH+]1.CC1=C(n2cccn2)c2[c-]cccc2C1.Cn1ccn(C(=C2C=CC=C2)c2[c-]cccc2)[cH+]1.Cn1ccn(C2=CCc3ccc[c-]c32)[cH+]1.[Ir].[Ir].[Ir].[Ir].[Ir].[Ir].[Ir].[Ir]. The van der Waals surface area contributed by atoms with Crippen molar-refractivity contribution in [2.45, 2.75) is 40.5 Å². The average Bonchev–Trinajstić information content (AvgIpc) is 1.65. The molecule has 0 amide bonds. The predicted octanol–water partition coefficient (Wildman–Crippen LogP) is 20.0. The van der Waals surface area contributed by atoms with E-state index in [0.29, 0.717) is 0 Å². The van der Waals surface area contributed by atoms with Crippen LogP contribution in [0.5, 0.6) is 0 Å². The minimum absolute atomic E-state index is 0. The van der Waals surface area contributed by atoms with Crippen molar-refractivity contribution in [2.75, 3.05) is 0 Å². The van der Waals surface area contributed by atoms with E-state index in [0.717, 1.165) is 74.8 Å². The van der Waals surface area contributed by atoms with Gasteiger partial charge in [0.05, 0.1) is 0 Å². The van der Waals surface area contributed by atoms with Gasteiger partial charge in [-0.25, -0.2) is 0 Å². The molecule has 3 aliphatic rings. The van der Waals surface area contributed by atoms with Gasteiger partial charge in [-0.1, -0.05) is 48.7 Å². The Hall–Kier alpha value is -9.98. The third-order valence-corrected chi connectivity index (χ3v) is 19.3. The topological polar surface area (TPSA) is 114 Å². The molecule has 128 heavy (non-hydrogen) atoms. The molecule has 26 heteroatoms. The normalized spacial score (nSPS) is 11.1. The van der Waals surface area contributed by atoms with E-state index in [2.05, 4.69) is 221 Å². The van der Waals surface area contributed by atoms with E-state index in [4.69, 9.17) is 0 Å². The Morgan fingerprint density at radius 1 is 0.414 bits per heavy atom. The van der Waals surface area contributed by atoms with Gasteiger partial charge >= 0.3 is 0 Å². The molecule has 6 aromatic carbocycles. The Morgan fingerprint density at radius 2 is 0.867 bits per heavy atom. The molecule has 0 unspecified atom stereocenters. The third-order valence-electron chi connectivity index (χ3n) is 19.3. The summed E-state index contributed by atoms with van der Waals surface area (Å²) in [6.07, 6.45) is 66.0. The predicted molar refractivity (Wildman–Crippen MR) is 487 cm³/mol. The molecule has 672 valence electrons. The van der Waals surface area contributed by atoms with Gasteiger partial charge in [-0.2, -0.15) is 43.3 Å². The van der Waals surface area contributed by atoms with Crippen LogP contribution in [0, 0.1) is 42.5 Å². The number of hydrogen-bond acceptors (Lipinski definition) is 2. The van der Waals surface area contributed by atoms with Crippen molar-refractivity contribution >= 4 is 45.6 Å². The smallest absolute Gasteiger partial charge is 0.166 e. The molecule has 8 radical (unpaired) electrons. The van der Waals surface area contributed by atoms with Gasteiger partial charge in [0.2, 0.25) is 0 Å². The molecule has 18 nitrogen and oxygen atoms in total. The first-order valence-electron chi connectivity index (χ1n) is 39.3. The molecular formula is C102H101Ir8N18-. The molecule has 0 bridgehead atoms. The van der Waals surface area contributed by atoms with Gasteiger partial charge in [0.1, 0.15) is 127 Å².